The zero-order chi connectivity index (χ0) is 11.5. The van der Waals surface area contributed by atoms with Gasteiger partial charge in [0.25, 0.3) is 5.91 Å². The monoisotopic (exact) mass is 331 g/mol. The van der Waals surface area contributed by atoms with Gasteiger partial charge in [-0.1, -0.05) is 0 Å². The number of piperidine rings is 1. The lowest BCUT2D eigenvalue weighted by molar-refractivity contribution is 0.0546. The summed E-state index contributed by atoms with van der Waals surface area (Å²) in [5, 5.41) is 9.38. The summed E-state index contributed by atoms with van der Waals surface area (Å²) in [7, 11) is 0. The lowest BCUT2D eigenvalue weighted by Gasteiger charge is -2.29. The maximum atomic E-state index is 12.1. The molecular weight excluding hydrogens is 317 g/mol. The van der Waals surface area contributed by atoms with Gasteiger partial charge in [-0.15, -0.1) is 0 Å². The number of benzene rings is 1. The quantitative estimate of drug-likeness (QED) is 0.799. The van der Waals surface area contributed by atoms with E-state index in [0.717, 1.165) is 9.13 Å². The largest absolute Gasteiger partial charge is 0.393 e. The zero-order valence-corrected chi connectivity index (χ0v) is 11.1. The number of nitrogens with zero attached hydrogens (tertiary/aromatic N) is 1. The van der Waals surface area contributed by atoms with Crippen molar-refractivity contribution < 1.29 is 9.90 Å². The first kappa shape index (κ1) is 11.9. The molecule has 0 spiro atoms. The fraction of sp³-hybridized carbons (Fsp3) is 0.417. The Hall–Kier alpha value is -0.620. The van der Waals surface area contributed by atoms with Gasteiger partial charge in [0.2, 0.25) is 0 Å². The van der Waals surface area contributed by atoms with Crippen LogP contribution < -0.4 is 0 Å². The van der Waals surface area contributed by atoms with Crippen molar-refractivity contribution in [1.29, 1.82) is 0 Å². The normalized spacial score (nSPS) is 17.5. The Labute approximate surface area is 109 Å². The number of rotatable bonds is 1. The van der Waals surface area contributed by atoms with Crippen molar-refractivity contribution in [2.45, 2.75) is 18.9 Å². The van der Waals surface area contributed by atoms with Crippen LogP contribution in [0.25, 0.3) is 0 Å². The van der Waals surface area contributed by atoms with Crippen LogP contribution in [0.4, 0.5) is 0 Å². The first-order chi connectivity index (χ1) is 7.66. The summed E-state index contributed by atoms with van der Waals surface area (Å²) >= 11 is 2.22. The van der Waals surface area contributed by atoms with E-state index >= 15 is 0 Å². The molecule has 1 saturated heterocycles. The molecule has 1 aromatic carbocycles. The molecule has 16 heavy (non-hydrogen) atoms. The smallest absolute Gasteiger partial charge is 0.253 e. The van der Waals surface area contributed by atoms with Gasteiger partial charge in [-0.05, 0) is 59.7 Å². The van der Waals surface area contributed by atoms with E-state index in [-0.39, 0.29) is 12.0 Å². The Balaban J connectivity index is 2.05. The van der Waals surface area contributed by atoms with Crippen molar-refractivity contribution in [2.24, 2.45) is 0 Å². The SMILES string of the molecule is O=C(c1ccc(I)cc1)N1CCC(O)CC1. The minimum atomic E-state index is -0.235. The molecule has 1 amide bonds. The number of halogens is 1. The minimum absolute atomic E-state index is 0.0725. The molecule has 1 fully saturated rings. The molecule has 1 heterocycles. The average molecular weight is 331 g/mol. The van der Waals surface area contributed by atoms with Crippen LogP contribution >= 0.6 is 22.6 Å². The molecule has 1 aromatic rings. The summed E-state index contributed by atoms with van der Waals surface area (Å²) in [5.74, 6) is 0.0725. The van der Waals surface area contributed by atoms with Crippen LogP contribution in [-0.2, 0) is 0 Å². The lowest BCUT2D eigenvalue weighted by Crippen LogP contribution is -2.40. The van der Waals surface area contributed by atoms with Crippen molar-refractivity contribution in [2.75, 3.05) is 13.1 Å². The molecule has 0 bridgehead atoms. The van der Waals surface area contributed by atoms with Gasteiger partial charge in [-0.3, -0.25) is 4.79 Å². The van der Waals surface area contributed by atoms with Crippen molar-refractivity contribution >= 4 is 28.5 Å². The summed E-state index contributed by atoms with van der Waals surface area (Å²) in [6.45, 7) is 1.32. The third kappa shape index (κ3) is 2.74. The number of hydrogen-bond donors (Lipinski definition) is 1. The van der Waals surface area contributed by atoms with E-state index in [1.54, 1.807) is 0 Å². The second-order valence-corrected chi connectivity index (χ2v) is 5.28. The van der Waals surface area contributed by atoms with Crippen LogP contribution in [0.15, 0.2) is 24.3 Å². The van der Waals surface area contributed by atoms with Gasteiger partial charge in [0.1, 0.15) is 0 Å². The molecule has 0 saturated carbocycles. The van der Waals surface area contributed by atoms with Crippen molar-refractivity contribution in [3.63, 3.8) is 0 Å². The van der Waals surface area contributed by atoms with Crippen molar-refractivity contribution in [3.05, 3.63) is 33.4 Å². The molecule has 4 heteroatoms. The summed E-state index contributed by atoms with van der Waals surface area (Å²) in [6.07, 6.45) is 1.15. The van der Waals surface area contributed by atoms with Crippen LogP contribution in [0.2, 0.25) is 0 Å². The Kier molecular flexibility index (Phi) is 3.81. The number of carbonyl (C=O) groups is 1. The van der Waals surface area contributed by atoms with Crippen LogP contribution in [0, 0.1) is 3.57 Å². The molecule has 1 N–H and O–H groups in total. The molecule has 0 atom stereocenters. The van der Waals surface area contributed by atoms with E-state index in [2.05, 4.69) is 22.6 Å². The highest BCUT2D eigenvalue weighted by Crippen LogP contribution is 2.14. The van der Waals surface area contributed by atoms with E-state index in [1.165, 1.54) is 0 Å². The first-order valence-electron chi connectivity index (χ1n) is 5.40. The van der Waals surface area contributed by atoms with E-state index in [9.17, 15) is 9.90 Å². The molecule has 1 aliphatic rings. The Bertz CT molecular complexity index is 369. The molecule has 3 nitrogen and oxygen atoms in total. The van der Waals surface area contributed by atoms with E-state index in [4.69, 9.17) is 0 Å². The number of aliphatic hydroxyl groups is 1. The number of aliphatic hydroxyl groups excluding tert-OH is 1. The molecule has 0 radical (unpaired) electrons. The van der Waals surface area contributed by atoms with Crippen LogP contribution in [-0.4, -0.2) is 35.1 Å². The van der Waals surface area contributed by atoms with Gasteiger partial charge >= 0.3 is 0 Å². The van der Waals surface area contributed by atoms with E-state index < -0.39 is 0 Å². The van der Waals surface area contributed by atoms with E-state index in [1.807, 2.05) is 29.2 Å². The van der Waals surface area contributed by atoms with Crippen LogP contribution in [0.5, 0.6) is 0 Å². The molecule has 86 valence electrons. The molecule has 0 aliphatic carbocycles. The third-order valence-electron chi connectivity index (χ3n) is 2.84. The fourth-order valence-corrected chi connectivity index (χ4v) is 2.20. The number of amides is 1. The molecule has 2 rings (SSSR count). The van der Waals surface area contributed by atoms with Crippen molar-refractivity contribution in [3.8, 4) is 0 Å². The van der Waals surface area contributed by atoms with Gasteiger partial charge in [0, 0.05) is 22.2 Å². The third-order valence-corrected chi connectivity index (χ3v) is 3.56. The van der Waals surface area contributed by atoms with Gasteiger partial charge in [-0.2, -0.15) is 0 Å². The predicted octanol–water partition coefficient (Wildman–Crippen LogP) is 1.89. The number of carbonyl (C=O) groups excluding carboxylic acids is 1. The Morgan fingerprint density at radius 2 is 1.81 bits per heavy atom. The number of hydrogen-bond acceptors (Lipinski definition) is 2. The lowest BCUT2D eigenvalue weighted by atomic mass is 10.1. The predicted molar refractivity (Wildman–Crippen MR) is 70.3 cm³/mol. The Morgan fingerprint density at radius 1 is 1.25 bits per heavy atom. The zero-order valence-electron chi connectivity index (χ0n) is 8.90. The van der Waals surface area contributed by atoms with E-state index in [0.29, 0.717) is 25.9 Å². The first-order valence-corrected chi connectivity index (χ1v) is 6.47. The summed E-state index contributed by atoms with van der Waals surface area (Å²) in [5.41, 5.74) is 0.733. The highest BCUT2D eigenvalue weighted by atomic mass is 127. The maximum Gasteiger partial charge on any atom is 0.253 e. The van der Waals surface area contributed by atoms with Gasteiger partial charge in [0.05, 0.1) is 6.10 Å². The Morgan fingerprint density at radius 3 is 2.38 bits per heavy atom. The van der Waals surface area contributed by atoms with Crippen LogP contribution in [0.1, 0.15) is 23.2 Å². The fourth-order valence-electron chi connectivity index (χ4n) is 1.84. The van der Waals surface area contributed by atoms with Gasteiger partial charge < -0.3 is 10.0 Å². The van der Waals surface area contributed by atoms with Gasteiger partial charge in [-0.25, -0.2) is 0 Å². The highest BCUT2D eigenvalue weighted by Gasteiger charge is 2.21. The minimum Gasteiger partial charge on any atom is -0.393 e. The maximum absolute atomic E-state index is 12.1. The second-order valence-electron chi connectivity index (χ2n) is 4.03. The summed E-state index contributed by atoms with van der Waals surface area (Å²) < 4.78 is 1.13. The topological polar surface area (TPSA) is 40.5 Å². The molecule has 0 aromatic heterocycles. The van der Waals surface area contributed by atoms with Crippen molar-refractivity contribution in [1.82, 2.24) is 4.90 Å². The standard InChI is InChI=1S/C12H14INO2/c13-10-3-1-9(2-4-10)12(16)14-7-5-11(15)6-8-14/h1-4,11,15H,5-8H2. The number of likely N-dealkylation sites (tertiary alicyclic amines) is 1. The molecule has 0 unspecified atom stereocenters. The summed E-state index contributed by atoms with van der Waals surface area (Å²) in [4.78, 5) is 13.9. The van der Waals surface area contributed by atoms with Crippen LogP contribution in [0.3, 0.4) is 0 Å². The summed E-state index contributed by atoms with van der Waals surface area (Å²) in [6, 6.07) is 7.59. The molecular formula is C12H14INO2. The average Bonchev–Trinajstić information content (AvgIpc) is 2.30. The second kappa shape index (κ2) is 5.14. The highest BCUT2D eigenvalue weighted by molar-refractivity contribution is 14.1. The van der Waals surface area contributed by atoms with Gasteiger partial charge in [0.15, 0.2) is 0 Å². The molecule has 1 aliphatic heterocycles.